The van der Waals surface area contributed by atoms with E-state index >= 15 is 0 Å². The summed E-state index contributed by atoms with van der Waals surface area (Å²) < 4.78 is 0. The Labute approximate surface area is 160 Å². The van der Waals surface area contributed by atoms with Gasteiger partial charge in [-0.05, 0) is 32.6 Å². The second kappa shape index (κ2) is 8.75. The number of hydrogen-bond donors (Lipinski definition) is 1. The molecular formula is C21H26N4O2. The van der Waals surface area contributed by atoms with Crippen LogP contribution in [0.1, 0.15) is 48.7 Å². The molecule has 1 aromatic heterocycles. The minimum absolute atomic E-state index is 0.0142. The SMILES string of the molecule is CC(=O)NCC[C@@H]1CCCCN1C(=O)c1cnc(-c2ccccc2)nc1C. The molecule has 0 aliphatic carbocycles. The van der Waals surface area contributed by atoms with Crippen LogP contribution in [0.5, 0.6) is 0 Å². The van der Waals surface area contributed by atoms with Crippen LogP contribution in [0.2, 0.25) is 0 Å². The highest BCUT2D eigenvalue weighted by molar-refractivity contribution is 5.95. The topological polar surface area (TPSA) is 75.2 Å². The van der Waals surface area contributed by atoms with Crippen molar-refractivity contribution in [3.05, 3.63) is 47.8 Å². The lowest BCUT2D eigenvalue weighted by Gasteiger charge is -2.36. The average Bonchev–Trinajstić information content (AvgIpc) is 2.68. The maximum absolute atomic E-state index is 13.1. The monoisotopic (exact) mass is 366 g/mol. The Kier molecular flexibility index (Phi) is 6.16. The third kappa shape index (κ3) is 4.70. The Balaban J connectivity index is 1.76. The van der Waals surface area contributed by atoms with Crippen LogP contribution in [0.4, 0.5) is 0 Å². The molecule has 1 saturated heterocycles. The van der Waals surface area contributed by atoms with Crippen LogP contribution in [0.15, 0.2) is 36.5 Å². The zero-order chi connectivity index (χ0) is 19.2. The maximum atomic E-state index is 13.1. The molecule has 1 fully saturated rings. The summed E-state index contributed by atoms with van der Waals surface area (Å²) >= 11 is 0. The van der Waals surface area contributed by atoms with Crippen molar-refractivity contribution in [2.45, 2.75) is 45.6 Å². The normalized spacial score (nSPS) is 16.8. The van der Waals surface area contributed by atoms with E-state index in [1.165, 1.54) is 6.92 Å². The first kappa shape index (κ1) is 19.0. The summed E-state index contributed by atoms with van der Waals surface area (Å²) in [5.74, 6) is 0.578. The predicted octanol–water partition coefficient (Wildman–Crippen LogP) is 2.97. The molecule has 3 rings (SSSR count). The molecule has 1 N–H and O–H groups in total. The van der Waals surface area contributed by atoms with Crippen molar-refractivity contribution in [2.75, 3.05) is 13.1 Å². The van der Waals surface area contributed by atoms with Crippen molar-refractivity contribution in [2.24, 2.45) is 0 Å². The van der Waals surface area contributed by atoms with Crippen LogP contribution < -0.4 is 5.32 Å². The zero-order valence-corrected chi connectivity index (χ0v) is 15.9. The van der Waals surface area contributed by atoms with Crippen LogP contribution in [-0.2, 0) is 4.79 Å². The van der Waals surface area contributed by atoms with E-state index in [9.17, 15) is 9.59 Å². The number of benzene rings is 1. The number of carbonyl (C=O) groups is 2. The summed E-state index contributed by atoms with van der Waals surface area (Å²) in [6.45, 7) is 4.70. The number of hydrogen-bond acceptors (Lipinski definition) is 4. The molecule has 2 amide bonds. The number of likely N-dealkylation sites (tertiary alicyclic amines) is 1. The molecule has 2 heterocycles. The lowest BCUT2D eigenvalue weighted by molar-refractivity contribution is -0.119. The van der Waals surface area contributed by atoms with Gasteiger partial charge in [-0.3, -0.25) is 9.59 Å². The molecule has 1 aromatic carbocycles. The fourth-order valence-corrected chi connectivity index (χ4v) is 3.54. The minimum Gasteiger partial charge on any atom is -0.356 e. The van der Waals surface area contributed by atoms with Gasteiger partial charge in [0.1, 0.15) is 0 Å². The van der Waals surface area contributed by atoms with Crippen LogP contribution >= 0.6 is 0 Å². The summed E-state index contributed by atoms with van der Waals surface area (Å²) in [6.07, 6.45) is 5.49. The number of amides is 2. The van der Waals surface area contributed by atoms with E-state index < -0.39 is 0 Å². The number of carbonyl (C=O) groups excluding carboxylic acids is 2. The van der Waals surface area contributed by atoms with Gasteiger partial charge >= 0.3 is 0 Å². The van der Waals surface area contributed by atoms with E-state index in [4.69, 9.17) is 0 Å². The van der Waals surface area contributed by atoms with Crippen LogP contribution in [0.25, 0.3) is 11.4 Å². The molecule has 0 unspecified atom stereocenters. The fraction of sp³-hybridized carbons (Fsp3) is 0.429. The molecule has 1 aliphatic rings. The molecule has 0 bridgehead atoms. The van der Waals surface area contributed by atoms with Gasteiger partial charge in [-0.15, -0.1) is 0 Å². The molecule has 142 valence electrons. The van der Waals surface area contributed by atoms with Gasteiger partial charge < -0.3 is 10.2 Å². The van der Waals surface area contributed by atoms with Crippen molar-refractivity contribution in [3.63, 3.8) is 0 Å². The Morgan fingerprint density at radius 2 is 2.00 bits per heavy atom. The number of aryl methyl sites for hydroxylation is 1. The van der Waals surface area contributed by atoms with Crippen molar-refractivity contribution in [1.82, 2.24) is 20.2 Å². The van der Waals surface area contributed by atoms with Gasteiger partial charge in [0.2, 0.25) is 5.91 Å². The van der Waals surface area contributed by atoms with E-state index in [1.54, 1.807) is 6.20 Å². The Morgan fingerprint density at radius 3 is 2.70 bits per heavy atom. The number of piperidine rings is 1. The summed E-state index contributed by atoms with van der Waals surface area (Å²) in [5, 5.41) is 2.83. The van der Waals surface area contributed by atoms with E-state index in [0.29, 0.717) is 23.6 Å². The summed E-state index contributed by atoms with van der Waals surface area (Å²) in [5.41, 5.74) is 2.19. The number of nitrogens with zero attached hydrogens (tertiary/aromatic N) is 3. The fourth-order valence-electron chi connectivity index (χ4n) is 3.54. The van der Waals surface area contributed by atoms with Crippen LogP contribution in [0.3, 0.4) is 0 Å². The molecule has 0 saturated carbocycles. The highest BCUT2D eigenvalue weighted by Crippen LogP contribution is 2.23. The van der Waals surface area contributed by atoms with Crippen molar-refractivity contribution in [1.29, 1.82) is 0 Å². The van der Waals surface area contributed by atoms with Gasteiger partial charge in [0, 0.05) is 37.8 Å². The first-order chi connectivity index (χ1) is 13.1. The molecule has 6 heteroatoms. The van der Waals surface area contributed by atoms with Gasteiger partial charge in [0.25, 0.3) is 5.91 Å². The first-order valence-corrected chi connectivity index (χ1v) is 9.50. The van der Waals surface area contributed by atoms with Gasteiger partial charge in [-0.1, -0.05) is 30.3 Å². The van der Waals surface area contributed by atoms with Crippen LogP contribution in [-0.4, -0.2) is 45.8 Å². The quantitative estimate of drug-likeness (QED) is 0.883. The molecule has 0 radical (unpaired) electrons. The maximum Gasteiger partial charge on any atom is 0.257 e. The lowest BCUT2D eigenvalue weighted by atomic mass is 9.98. The first-order valence-electron chi connectivity index (χ1n) is 9.50. The smallest absolute Gasteiger partial charge is 0.257 e. The third-order valence-electron chi connectivity index (χ3n) is 4.98. The van der Waals surface area contributed by atoms with E-state index in [2.05, 4.69) is 15.3 Å². The van der Waals surface area contributed by atoms with E-state index in [1.807, 2.05) is 42.2 Å². The van der Waals surface area contributed by atoms with Gasteiger partial charge in [-0.25, -0.2) is 9.97 Å². The largest absolute Gasteiger partial charge is 0.356 e. The third-order valence-corrected chi connectivity index (χ3v) is 4.98. The highest BCUT2D eigenvalue weighted by Gasteiger charge is 2.28. The Bertz CT molecular complexity index is 807. The lowest BCUT2D eigenvalue weighted by Crippen LogP contribution is -2.45. The minimum atomic E-state index is -0.0376. The number of nitrogens with one attached hydrogen (secondary N) is 1. The molecule has 0 spiro atoms. The zero-order valence-electron chi connectivity index (χ0n) is 15.9. The van der Waals surface area contributed by atoms with Gasteiger partial charge in [0.15, 0.2) is 5.82 Å². The predicted molar refractivity (Wildman–Crippen MR) is 104 cm³/mol. The average molecular weight is 366 g/mol. The molecule has 6 nitrogen and oxygen atoms in total. The summed E-state index contributed by atoms with van der Waals surface area (Å²) in [6, 6.07) is 9.90. The Morgan fingerprint density at radius 1 is 1.22 bits per heavy atom. The number of rotatable bonds is 5. The van der Waals surface area contributed by atoms with Gasteiger partial charge in [0.05, 0.1) is 11.3 Å². The molecule has 27 heavy (non-hydrogen) atoms. The van der Waals surface area contributed by atoms with Crippen molar-refractivity contribution in [3.8, 4) is 11.4 Å². The highest BCUT2D eigenvalue weighted by atomic mass is 16.2. The van der Waals surface area contributed by atoms with Gasteiger partial charge in [-0.2, -0.15) is 0 Å². The molecular weight excluding hydrogens is 340 g/mol. The van der Waals surface area contributed by atoms with Crippen LogP contribution in [0, 0.1) is 6.92 Å². The molecule has 2 aromatic rings. The van der Waals surface area contributed by atoms with Crippen molar-refractivity contribution >= 4 is 11.8 Å². The number of aromatic nitrogens is 2. The van der Waals surface area contributed by atoms with E-state index in [-0.39, 0.29) is 17.9 Å². The standard InChI is InChI=1S/C21H26N4O2/c1-15-19(14-23-20(24-15)17-8-4-3-5-9-17)21(27)25-13-7-6-10-18(25)11-12-22-16(2)26/h3-5,8-9,14,18H,6-7,10-13H2,1-2H3,(H,22,26)/t18-/m0/s1. The summed E-state index contributed by atoms with van der Waals surface area (Å²) in [7, 11) is 0. The van der Waals surface area contributed by atoms with E-state index in [0.717, 1.165) is 37.8 Å². The second-order valence-corrected chi connectivity index (χ2v) is 6.98. The van der Waals surface area contributed by atoms with Crippen molar-refractivity contribution < 1.29 is 9.59 Å². The second-order valence-electron chi connectivity index (χ2n) is 6.98. The molecule has 1 atom stereocenters. The Hall–Kier alpha value is -2.76. The summed E-state index contributed by atoms with van der Waals surface area (Å²) in [4.78, 5) is 35.1. The molecule has 1 aliphatic heterocycles.